The fourth-order valence-electron chi connectivity index (χ4n) is 6.14. The van der Waals surface area contributed by atoms with Crippen LogP contribution in [0.15, 0.2) is 12.1 Å². The maximum Gasteiger partial charge on any atom is 0.225 e. The highest BCUT2D eigenvalue weighted by Crippen LogP contribution is 2.54. The number of aliphatic hydroxyl groups is 1. The molecule has 2 aliphatic carbocycles. The molecule has 1 N–H and O–H groups in total. The average Bonchev–Trinajstić information content (AvgIpc) is 2.96. The highest BCUT2D eigenvalue weighted by molar-refractivity contribution is 5.81. The fraction of sp³-hybridized carbons (Fsp3) is 0.739. The number of hydrogen-bond acceptors (Lipinski definition) is 4. The molecule has 3 heterocycles. The second-order valence-corrected chi connectivity index (χ2v) is 10.6. The van der Waals surface area contributed by atoms with Crippen LogP contribution in [0.3, 0.4) is 0 Å². The summed E-state index contributed by atoms with van der Waals surface area (Å²) in [6, 6.07) is 5.02. The van der Waals surface area contributed by atoms with Gasteiger partial charge in [0.25, 0.3) is 0 Å². The van der Waals surface area contributed by atoms with Gasteiger partial charge in [0.2, 0.25) is 5.91 Å². The fourth-order valence-corrected chi connectivity index (χ4v) is 6.14. The number of nitrogens with zero attached hydrogens (tertiary/aromatic N) is 3. The first-order chi connectivity index (χ1) is 13.2. The molecule has 0 radical (unpaired) electrons. The molecule has 0 bridgehead atoms. The monoisotopic (exact) mass is 383 g/mol. The Morgan fingerprint density at radius 1 is 1.25 bits per heavy atom. The highest BCUT2D eigenvalue weighted by Gasteiger charge is 2.55. The molecule has 5 heteroatoms. The molecule has 5 nitrogen and oxygen atoms in total. The molecular weight excluding hydrogens is 350 g/mol. The van der Waals surface area contributed by atoms with Crippen LogP contribution in [-0.4, -0.2) is 52.2 Å². The molecule has 152 valence electrons. The van der Waals surface area contributed by atoms with Gasteiger partial charge in [-0.25, -0.2) is 4.98 Å². The number of anilines is 1. The van der Waals surface area contributed by atoms with Crippen molar-refractivity contribution in [3.63, 3.8) is 0 Å². The van der Waals surface area contributed by atoms with Crippen molar-refractivity contribution in [2.45, 2.75) is 70.9 Å². The third-order valence-corrected chi connectivity index (χ3v) is 7.56. The molecular formula is C23H33N3O2. The first-order valence-corrected chi connectivity index (χ1v) is 11.0. The molecule has 1 saturated heterocycles. The van der Waals surface area contributed by atoms with Gasteiger partial charge in [0.05, 0.1) is 5.60 Å². The van der Waals surface area contributed by atoms with E-state index in [2.05, 4.69) is 30.9 Å². The van der Waals surface area contributed by atoms with Crippen LogP contribution >= 0.6 is 0 Å². The lowest BCUT2D eigenvalue weighted by Gasteiger charge is -2.60. The minimum Gasteiger partial charge on any atom is -0.390 e. The van der Waals surface area contributed by atoms with E-state index in [9.17, 15) is 9.90 Å². The summed E-state index contributed by atoms with van der Waals surface area (Å²) in [4.78, 5) is 22.0. The summed E-state index contributed by atoms with van der Waals surface area (Å²) < 4.78 is 0. The number of likely N-dealkylation sites (tertiary alicyclic amines) is 1. The van der Waals surface area contributed by atoms with E-state index < -0.39 is 5.60 Å². The molecule has 4 aliphatic rings. The Morgan fingerprint density at radius 3 is 2.61 bits per heavy atom. The van der Waals surface area contributed by atoms with E-state index in [4.69, 9.17) is 4.98 Å². The van der Waals surface area contributed by atoms with Crippen molar-refractivity contribution >= 4 is 11.7 Å². The van der Waals surface area contributed by atoms with Gasteiger partial charge in [0.15, 0.2) is 0 Å². The van der Waals surface area contributed by atoms with Gasteiger partial charge in [-0.3, -0.25) is 4.79 Å². The lowest BCUT2D eigenvalue weighted by Crippen LogP contribution is -2.66. The first-order valence-electron chi connectivity index (χ1n) is 11.0. The Bertz CT molecular complexity index is 781. The second-order valence-electron chi connectivity index (χ2n) is 10.6. The molecule has 1 amide bonds. The zero-order valence-corrected chi connectivity index (χ0v) is 17.4. The summed E-state index contributed by atoms with van der Waals surface area (Å²) in [7, 11) is 0. The highest BCUT2D eigenvalue weighted by atomic mass is 16.3. The van der Waals surface area contributed by atoms with Gasteiger partial charge in [-0.2, -0.15) is 0 Å². The van der Waals surface area contributed by atoms with Crippen LogP contribution in [0.4, 0.5) is 5.82 Å². The molecule has 1 aromatic heterocycles. The predicted molar refractivity (Wildman–Crippen MR) is 109 cm³/mol. The standard InChI is InChI=1S/C23H33N3O2/c1-15(2)26-7-6-17-4-5-19(24-20(17)26)8-16-9-23(10-16)13-25(14-23)21(27)18-11-22(3,28)12-18/h4-5,15-16,18,28H,6-14H2,1-3H3. The molecule has 1 spiro atoms. The van der Waals surface area contributed by atoms with E-state index in [-0.39, 0.29) is 11.8 Å². The Balaban J connectivity index is 1.12. The van der Waals surface area contributed by atoms with E-state index in [1.807, 2.05) is 11.8 Å². The van der Waals surface area contributed by atoms with E-state index in [0.717, 1.165) is 32.5 Å². The number of amides is 1. The van der Waals surface area contributed by atoms with Crippen LogP contribution in [-0.2, 0) is 17.6 Å². The van der Waals surface area contributed by atoms with Crippen LogP contribution in [0, 0.1) is 17.3 Å². The third-order valence-electron chi connectivity index (χ3n) is 7.56. The number of fused-ring (bicyclic) bond motifs is 1. The number of hydrogen-bond donors (Lipinski definition) is 1. The molecule has 2 aliphatic heterocycles. The molecule has 3 fully saturated rings. The van der Waals surface area contributed by atoms with Crippen molar-refractivity contribution in [2.75, 3.05) is 24.5 Å². The summed E-state index contributed by atoms with van der Waals surface area (Å²) in [6.07, 6.45) is 5.91. The maximum absolute atomic E-state index is 12.5. The van der Waals surface area contributed by atoms with Crippen molar-refractivity contribution in [1.82, 2.24) is 9.88 Å². The average molecular weight is 384 g/mol. The van der Waals surface area contributed by atoms with E-state index >= 15 is 0 Å². The number of rotatable bonds is 4. The van der Waals surface area contributed by atoms with Crippen LogP contribution in [0.2, 0.25) is 0 Å². The summed E-state index contributed by atoms with van der Waals surface area (Å²) >= 11 is 0. The number of carbonyl (C=O) groups is 1. The SMILES string of the molecule is CC(C)N1CCc2ccc(CC3CC4(C3)CN(C(=O)C3CC(C)(O)C3)C4)nc21. The summed E-state index contributed by atoms with van der Waals surface area (Å²) in [6.45, 7) is 9.27. The van der Waals surface area contributed by atoms with Crippen molar-refractivity contribution in [3.8, 4) is 0 Å². The number of aromatic nitrogens is 1. The normalized spacial score (nSPS) is 30.8. The van der Waals surface area contributed by atoms with Gasteiger partial charge in [0, 0.05) is 42.7 Å². The van der Waals surface area contributed by atoms with Gasteiger partial charge >= 0.3 is 0 Å². The summed E-state index contributed by atoms with van der Waals surface area (Å²) in [5, 5.41) is 9.87. The van der Waals surface area contributed by atoms with Crippen LogP contribution in [0.25, 0.3) is 0 Å². The minimum absolute atomic E-state index is 0.0581. The maximum atomic E-state index is 12.5. The van der Waals surface area contributed by atoms with Crippen molar-refractivity contribution in [2.24, 2.45) is 17.3 Å². The predicted octanol–water partition coefficient (Wildman–Crippen LogP) is 2.79. The largest absolute Gasteiger partial charge is 0.390 e. The van der Waals surface area contributed by atoms with Crippen LogP contribution < -0.4 is 4.90 Å². The second kappa shape index (κ2) is 6.19. The minimum atomic E-state index is -0.613. The topological polar surface area (TPSA) is 56.7 Å². The molecule has 1 aromatic rings. The van der Waals surface area contributed by atoms with Gasteiger partial charge in [-0.1, -0.05) is 6.07 Å². The smallest absolute Gasteiger partial charge is 0.225 e. The van der Waals surface area contributed by atoms with Crippen molar-refractivity contribution in [3.05, 3.63) is 23.4 Å². The Morgan fingerprint density at radius 2 is 1.96 bits per heavy atom. The van der Waals surface area contributed by atoms with E-state index in [1.54, 1.807) is 0 Å². The lowest BCUT2D eigenvalue weighted by atomic mass is 9.56. The molecule has 0 unspecified atom stereocenters. The van der Waals surface area contributed by atoms with Gasteiger partial charge in [0.1, 0.15) is 5.82 Å². The third kappa shape index (κ3) is 3.02. The van der Waals surface area contributed by atoms with Gasteiger partial charge < -0.3 is 14.9 Å². The van der Waals surface area contributed by atoms with Gasteiger partial charge in [-0.15, -0.1) is 0 Å². The molecule has 2 saturated carbocycles. The van der Waals surface area contributed by atoms with Crippen LogP contribution in [0.1, 0.15) is 57.7 Å². The van der Waals surface area contributed by atoms with Crippen LogP contribution in [0.5, 0.6) is 0 Å². The number of carbonyl (C=O) groups excluding carboxylic acids is 1. The Hall–Kier alpha value is -1.62. The lowest BCUT2D eigenvalue weighted by molar-refractivity contribution is -0.171. The zero-order valence-electron chi connectivity index (χ0n) is 17.4. The Kier molecular flexibility index (Phi) is 4.07. The van der Waals surface area contributed by atoms with E-state index in [0.29, 0.717) is 30.2 Å². The molecule has 0 aromatic carbocycles. The first kappa shape index (κ1) is 18.4. The molecule has 28 heavy (non-hydrogen) atoms. The zero-order chi connectivity index (χ0) is 19.7. The Labute approximate surface area is 168 Å². The quantitative estimate of drug-likeness (QED) is 0.869. The van der Waals surface area contributed by atoms with E-state index in [1.165, 1.54) is 29.9 Å². The van der Waals surface area contributed by atoms with Crippen molar-refractivity contribution in [1.29, 1.82) is 0 Å². The number of pyridine rings is 1. The summed E-state index contributed by atoms with van der Waals surface area (Å²) in [5.41, 5.74) is 2.40. The summed E-state index contributed by atoms with van der Waals surface area (Å²) in [5.74, 6) is 2.25. The molecule has 5 rings (SSSR count). The van der Waals surface area contributed by atoms with Crippen molar-refractivity contribution < 1.29 is 9.90 Å². The van der Waals surface area contributed by atoms with Gasteiger partial charge in [-0.05, 0) is 76.8 Å². The molecule has 0 atom stereocenters.